The first-order chi connectivity index (χ1) is 65.4. The van der Waals surface area contributed by atoms with E-state index in [9.17, 15) is 35.1 Å². The number of benzene rings is 7. The van der Waals surface area contributed by atoms with Crippen LogP contribution in [0.25, 0.3) is 44.8 Å². The summed E-state index contributed by atoms with van der Waals surface area (Å²) < 4.78 is 136. The number of aromatic amines is 4. The standard InChI is InChI=1S/C24H21F2N9.C24H25F2N7O2.C23H21F2N7O2.C21H25F2N7O/c1-3-21-30-23(29-13(2)16-6-5-15(25)11-17(16)26)33-24(31-21)32-22-12-19(34-35-22)14-4-7-18-20(10-14)28-9-8-27-18;1-5-21-28-23(27-13(2)16-8-7-15(25)11-17(16)26)31-24(29-21)30-22-12-18(32-33-22)14-6-9-19(34-3)20(10-14)35-4;1-3-20-27-22(26-12(2)15-6-5-14(24)9-16(15)25)30-23(28-20)29-21-10-17(31-32-21)13-4-7-18-19(8-13)34-11-33-18;1-3-18-25-20(24-12(2)15-5-4-14(22)10-16(15)23)28-21(26-18)27-19-11-17(29-30-19)13-6-8-31-9-7-13/h4-13H,3H2,1-2H3,(H3,29,30,31,32,33,34,35);6-13H,5H2,1-4H3,(H3,27,28,29,30,31,32,33);4-10,12H,3,11H2,1-2H3,(H3,26,27,28,29,30,31,32);4-5,10-13H,3,6-9H2,1-2H3,(H3,24,25,26,27,28,29,30)/t13-;;;/m0.../s1. The van der Waals surface area contributed by atoms with E-state index in [2.05, 4.69) is 153 Å². The van der Waals surface area contributed by atoms with Crippen LogP contribution in [0.3, 0.4) is 0 Å². The minimum atomic E-state index is -0.646. The molecule has 35 nitrogen and oxygen atoms in total. The van der Waals surface area contributed by atoms with Crippen LogP contribution in [0.5, 0.6) is 23.0 Å². The Morgan fingerprint density at radius 3 is 1.07 bits per heavy atom. The topological polar surface area (TPSA) is 438 Å². The molecule has 2 aliphatic heterocycles. The Labute approximate surface area is 767 Å². The number of rotatable bonds is 30. The highest BCUT2D eigenvalue weighted by Gasteiger charge is 2.25. The highest BCUT2D eigenvalue weighted by atomic mass is 19.2. The lowest BCUT2D eigenvalue weighted by atomic mass is 9.97. The van der Waals surface area contributed by atoms with Crippen LogP contribution >= 0.6 is 0 Å². The van der Waals surface area contributed by atoms with Gasteiger partial charge in [-0.25, -0.2) is 35.1 Å². The van der Waals surface area contributed by atoms with E-state index in [1.54, 1.807) is 60.4 Å². The molecule has 11 heterocycles. The Bertz CT molecular complexity index is 6810. The fourth-order valence-corrected chi connectivity index (χ4v) is 14.2. The van der Waals surface area contributed by atoms with Gasteiger partial charge in [0.05, 0.1) is 66.5 Å². The van der Waals surface area contributed by atoms with E-state index >= 15 is 0 Å². The van der Waals surface area contributed by atoms with Crippen molar-refractivity contribution in [2.24, 2.45) is 0 Å². The maximum Gasteiger partial charge on any atom is 0.233 e. The molecule has 0 saturated carbocycles. The number of aryl methyl sites for hydroxylation is 4. The molecule has 696 valence electrons. The van der Waals surface area contributed by atoms with Crippen LogP contribution in [-0.4, -0.2) is 145 Å². The summed E-state index contributed by atoms with van der Waals surface area (Å²) in [7, 11) is 3.15. The van der Waals surface area contributed by atoms with Gasteiger partial charge in [-0.1, -0.05) is 58.0 Å². The average molecular weight is 1850 g/mol. The van der Waals surface area contributed by atoms with Crippen LogP contribution in [0.4, 0.5) is 106 Å². The Morgan fingerprint density at radius 1 is 0.348 bits per heavy atom. The summed E-state index contributed by atoms with van der Waals surface area (Å²) in [6.07, 6.45) is 7.50. The minimum absolute atomic E-state index is 0.205. The number of hydrogen-bond acceptors (Lipinski definition) is 31. The molecule has 7 aromatic carbocycles. The highest BCUT2D eigenvalue weighted by molar-refractivity contribution is 5.81. The fraction of sp³-hybridized carbons (Fsp3) is 0.261. The highest BCUT2D eigenvalue weighted by Crippen LogP contribution is 2.38. The summed E-state index contributed by atoms with van der Waals surface area (Å²) in [5, 5.41) is 53.8. The zero-order valence-electron chi connectivity index (χ0n) is 74.5. The van der Waals surface area contributed by atoms with Crippen molar-refractivity contribution >= 4 is 81.9 Å². The largest absolute Gasteiger partial charge is 0.493 e. The molecule has 1 saturated heterocycles. The van der Waals surface area contributed by atoms with Gasteiger partial charge in [0, 0.05) is 150 Å². The maximum absolute atomic E-state index is 14.2. The quantitative estimate of drug-likeness (QED) is 0.0186. The summed E-state index contributed by atoms with van der Waals surface area (Å²) in [4.78, 5) is 61.3. The molecular weight excluding hydrogens is 1760 g/mol. The lowest BCUT2D eigenvalue weighted by Gasteiger charge is -2.20. The molecule has 0 radical (unpaired) electrons. The molecule has 0 aliphatic carbocycles. The van der Waals surface area contributed by atoms with Gasteiger partial charge in [0.1, 0.15) is 69.8 Å². The monoisotopic (exact) mass is 1850 g/mol. The van der Waals surface area contributed by atoms with Gasteiger partial charge in [-0.05, 0) is 113 Å². The van der Waals surface area contributed by atoms with Crippen molar-refractivity contribution in [2.75, 3.05) is 76.8 Å². The van der Waals surface area contributed by atoms with E-state index in [1.165, 1.54) is 48.5 Å². The van der Waals surface area contributed by atoms with E-state index in [-0.39, 0.29) is 42.5 Å². The maximum atomic E-state index is 14.2. The Morgan fingerprint density at radius 2 is 0.689 bits per heavy atom. The molecule has 3 unspecified atom stereocenters. The second-order valence-corrected chi connectivity index (χ2v) is 30.6. The zero-order chi connectivity index (χ0) is 94.8. The Kier molecular flexibility index (Phi) is 29.9. The molecule has 1 fully saturated rings. The van der Waals surface area contributed by atoms with Crippen LogP contribution < -0.4 is 61.5 Å². The second kappa shape index (κ2) is 43.2. The van der Waals surface area contributed by atoms with Crippen LogP contribution in [-0.2, 0) is 30.4 Å². The van der Waals surface area contributed by atoms with Crippen LogP contribution in [0.2, 0.25) is 0 Å². The molecule has 0 amide bonds. The minimum Gasteiger partial charge on any atom is -0.493 e. The van der Waals surface area contributed by atoms with Crippen molar-refractivity contribution in [1.29, 1.82) is 0 Å². The van der Waals surface area contributed by atoms with E-state index in [0.29, 0.717) is 135 Å². The average Bonchev–Trinajstić information content (AvgIpc) is 1.67. The van der Waals surface area contributed by atoms with Crippen molar-refractivity contribution in [3.8, 4) is 56.8 Å². The van der Waals surface area contributed by atoms with Gasteiger partial charge in [0.2, 0.25) is 54.4 Å². The second-order valence-electron chi connectivity index (χ2n) is 30.6. The summed E-state index contributed by atoms with van der Waals surface area (Å²) in [5.74, 6) is 4.49. The smallest absolute Gasteiger partial charge is 0.233 e. The lowest BCUT2D eigenvalue weighted by molar-refractivity contribution is 0.0845. The first-order valence-electron chi connectivity index (χ1n) is 42.9. The van der Waals surface area contributed by atoms with E-state index < -0.39 is 70.7 Å². The SMILES string of the molecule is CCc1nc(Nc2cc(-c3ccc(OC)c(OC)c3)[nH]n2)nc(NC(C)c2ccc(F)cc2F)n1.CCc1nc(Nc2cc(-c3ccc4c(c3)OCO4)[nH]n2)nc(NC(C)c2ccc(F)cc2F)n1.CCc1nc(Nc2cc(-c3ccc4nccnc4c3)[nH]n2)nc(N[C@@H](C)c2ccc(F)cc2F)n1.CCc1nc(Nc2cc(C3CCOCC3)[nH]n2)nc(NC(C)c2ccc(F)cc2F)n1. The van der Waals surface area contributed by atoms with Gasteiger partial charge in [0.15, 0.2) is 46.3 Å². The van der Waals surface area contributed by atoms with Gasteiger partial charge in [0.25, 0.3) is 0 Å². The number of nitrogens with zero attached hydrogens (tertiary/aromatic N) is 18. The van der Waals surface area contributed by atoms with E-state index in [0.717, 1.165) is 101 Å². The molecule has 0 spiro atoms. The first kappa shape index (κ1) is 93.4. The number of nitrogens with one attached hydrogen (secondary N) is 12. The Balaban J connectivity index is 0.000000137. The summed E-state index contributed by atoms with van der Waals surface area (Å²) in [6, 6.07) is 36.2. The third-order valence-electron chi connectivity index (χ3n) is 21.2. The van der Waals surface area contributed by atoms with Gasteiger partial charge in [-0.3, -0.25) is 30.4 Å². The number of fused-ring (bicyclic) bond motifs is 2. The third kappa shape index (κ3) is 24.1. The molecule has 43 heteroatoms. The van der Waals surface area contributed by atoms with Crippen LogP contribution in [0.15, 0.2) is 164 Å². The fourth-order valence-electron chi connectivity index (χ4n) is 14.2. The number of halogens is 8. The molecular formula is C92H92F8N30O5. The number of anilines is 12. The lowest BCUT2D eigenvalue weighted by Crippen LogP contribution is -2.14. The third-order valence-corrected chi connectivity index (χ3v) is 21.2. The number of aromatic nitrogens is 22. The van der Waals surface area contributed by atoms with Crippen molar-refractivity contribution in [3.63, 3.8) is 0 Å². The van der Waals surface area contributed by atoms with E-state index in [4.69, 9.17) is 23.7 Å². The number of H-pyrrole nitrogens is 4. The molecule has 4 atom stereocenters. The van der Waals surface area contributed by atoms with Crippen molar-refractivity contribution in [3.05, 3.63) is 262 Å². The predicted molar refractivity (Wildman–Crippen MR) is 489 cm³/mol. The van der Waals surface area contributed by atoms with Crippen LogP contribution in [0.1, 0.15) is 150 Å². The number of methoxy groups -OCH3 is 2. The van der Waals surface area contributed by atoms with Gasteiger partial charge < -0.3 is 66.2 Å². The molecule has 18 rings (SSSR count). The van der Waals surface area contributed by atoms with Crippen LogP contribution in [0, 0.1) is 46.5 Å². The number of hydrogen-bond donors (Lipinski definition) is 12. The van der Waals surface area contributed by atoms with Crippen molar-refractivity contribution in [1.82, 2.24) is 111 Å². The van der Waals surface area contributed by atoms with E-state index in [1.807, 2.05) is 100 Å². The summed E-state index contributed by atoms with van der Waals surface area (Å²) in [5.41, 5.74) is 8.79. The molecule has 9 aromatic heterocycles. The normalized spacial score (nSPS) is 13.0. The van der Waals surface area contributed by atoms with Crippen molar-refractivity contribution < 1.29 is 58.8 Å². The first-order valence-corrected chi connectivity index (χ1v) is 42.9. The predicted octanol–water partition coefficient (Wildman–Crippen LogP) is 19.0. The van der Waals surface area contributed by atoms with Gasteiger partial charge >= 0.3 is 0 Å². The molecule has 16 aromatic rings. The number of ether oxygens (including phenoxy) is 5. The molecule has 0 bridgehead atoms. The summed E-state index contributed by atoms with van der Waals surface area (Å²) >= 11 is 0. The molecule has 12 N–H and O–H groups in total. The van der Waals surface area contributed by atoms with Gasteiger partial charge in [-0.2, -0.15) is 80.2 Å². The van der Waals surface area contributed by atoms with Crippen molar-refractivity contribution in [2.45, 2.75) is 124 Å². The van der Waals surface area contributed by atoms with Gasteiger partial charge in [-0.15, -0.1) is 0 Å². The Hall–Kier alpha value is -16.2. The molecule has 135 heavy (non-hydrogen) atoms. The summed E-state index contributed by atoms with van der Waals surface area (Å²) in [6.45, 7) is 16.4. The zero-order valence-corrected chi connectivity index (χ0v) is 74.5. The molecule has 2 aliphatic rings.